The molecule has 0 aromatic rings. The number of ether oxygens (including phenoxy) is 4. The molecule has 6 unspecified atom stereocenters. The van der Waals surface area contributed by atoms with Crippen LogP contribution in [0.5, 0.6) is 0 Å². The van der Waals surface area contributed by atoms with E-state index in [1.807, 2.05) is 0 Å². The average Bonchev–Trinajstić information content (AvgIpc) is 3.19. The lowest BCUT2D eigenvalue weighted by atomic mass is 9.99. The van der Waals surface area contributed by atoms with Crippen LogP contribution in [0, 0.1) is 0 Å². The second-order valence-electron chi connectivity index (χ2n) is 16.0. The third-order valence-corrected chi connectivity index (χ3v) is 11.0. The lowest BCUT2D eigenvalue weighted by molar-refractivity contribution is -0.301. The lowest BCUT2D eigenvalue weighted by Gasteiger charge is -2.41. The maximum absolute atomic E-state index is 12.8. The predicted molar refractivity (Wildman–Crippen MR) is 230 cm³/mol. The van der Waals surface area contributed by atoms with Crippen LogP contribution in [-0.2, 0) is 38.3 Å². The summed E-state index contributed by atoms with van der Waals surface area (Å²) in [4.78, 5) is 12.8. The monoisotopic (exact) mass is 849 g/mol. The number of rotatable bonds is 40. The fraction of sp³-hybridized carbons (Fsp3) is 0.889. The van der Waals surface area contributed by atoms with Crippen LogP contribution >= 0.6 is 0 Å². The summed E-state index contributed by atoms with van der Waals surface area (Å²) in [6.45, 7) is 3.97. The van der Waals surface area contributed by atoms with Gasteiger partial charge in [-0.2, -0.15) is 8.42 Å². The summed E-state index contributed by atoms with van der Waals surface area (Å²) in [5, 5.41) is 30.6. The summed E-state index contributed by atoms with van der Waals surface area (Å²) < 4.78 is 59.0. The fourth-order valence-electron chi connectivity index (χ4n) is 7.06. The molecule has 1 rings (SSSR count). The van der Waals surface area contributed by atoms with Crippen LogP contribution in [-0.4, -0.2) is 97.5 Å². The van der Waals surface area contributed by atoms with Gasteiger partial charge >= 0.3 is 16.4 Å². The van der Waals surface area contributed by atoms with Gasteiger partial charge in [-0.3, -0.25) is 9.35 Å². The predicted octanol–water partition coefficient (Wildman–Crippen LogP) is 9.63. The Labute approximate surface area is 352 Å². The molecule has 0 radical (unpaired) electrons. The number of hydrogen-bond acceptors (Lipinski definition) is 11. The molecular formula is C45H84O12S. The molecule has 13 heteroatoms. The molecule has 342 valence electrons. The molecule has 0 saturated carbocycles. The average molecular weight is 849 g/mol. The van der Waals surface area contributed by atoms with E-state index in [9.17, 15) is 28.5 Å². The Morgan fingerprint density at radius 1 is 0.655 bits per heavy atom. The summed E-state index contributed by atoms with van der Waals surface area (Å²) in [6.07, 6.45) is 32.1. The van der Waals surface area contributed by atoms with Crippen molar-refractivity contribution in [3.63, 3.8) is 0 Å². The first-order chi connectivity index (χ1) is 28.1. The quantitative estimate of drug-likeness (QED) is 0.0199. The summed E-state index contributed by atoms with van der Waals surface area (Å²) in [5.41, 5.74) is 0. The van der Waals surface area contributed by atoms with E-state index < -0.39 is 59.8 Å². The van der Waals surface area contributed by atoms with Crippen LogP contribution in [0.15, 0.2) is 24.3 Å². The van der Waals surface area contributed by atoms with Gasteiger partial charge in [-0.15, -0.1) is 0 Å². The number of aliphatic hydroxyl groups is 3. The second-order valence-corrected chi connectivity index (χ2v) is 17.0. The van der Waals surface area contributed by atoms with Crippen molar-refractivity contribution in [2.24, 2.45) is 0 Å². The van der Waals surface area contributed by atoms with E-state index in [-0.39, 0.29) is 19.6 Å². The minimum atomic E-state index is -5.06. The molecule has 12 nitrogen and oxygen atoms in total. The lowest BCUT2D eigenvalue weighted by Crippen LogP contribution is -2.60. The van der Waals surface area contributed by atoms with Crippen molar-refractivity contribution >= 4 is 16.4 Å². The van der Waals surface area contributed by atoms with Crippen molar-refractivity contribution in [3.8, 4) is 0 Å². The van der Waals surface area contributed by atoms with E-state index in [1.54, 1.807) is 0 Å². The highest BCUT2D eigenvalue weighted by Crippen LogP contribution is 2.26. The molecule has 0 bridgehead atoms. The van der Waals surface area contributed by atoms with Gasteiger partial charge in [0.1, 0.15) is 30.5 Å². The largest absolute Gasteiger partial charge is 0.457 e. The molecule has 0 aromatic carbocycles. The zero-order valence-electron chi connectivity index (χ0n) is 36.4. The number of carbonyl (C=O) groups excluding carboxylic acids is 1. The molecule has 0 amide bonds. The normalized spacial score (nSPS) is 20.7. The van der Waals surface area contributed by atoms with Gasteiger partial charge in [0.2, 0.25) is 0 Å². The van der Waals surface area contributed by atoms with Crippen molar-refractivity contribution < 1.29 is 56.2 Å². The van der Waals surface area contributed by atoms with Gasteiger partial charge in [0.25, 0.3) is 0 Å². The molecule has 0 aromatic heterocycles. The molecular weight excluding hydrogens is 765 g/mol. The minimum absolute atomic E-state index is 0.0381. The Hall–Kier alpha value is -1.42. The van der Waals surface area contributed by atoms with Gasteiger partial charge in [-0.25, -0.2) is 4.18 Å². The first-order valence-electron chi connectivity index (χ1n) is 23.1. The highest BCUT2D eigenvalue weighted by atomic mass is 32.3. The second kappa shape index (κ2) is 37.4. The Bertz CT molecular complexity index is 1120. The highest BCUT2D eigenvalue weighted by molar-refractivity contribution is 7.80. The van der Waals surface area contributed by atoms with E-state index in [0.717, 1.165) is 51.4 Å². The topological polar surface area (TPSA) is 178 Å². The van der Waals surface area contributed by atoms with Gasteiger partial charge in [0.15, 0.2) is 6.29 Å². The third kappa shape index (κ3) is 30.6. The van der Waals surface area contributed by atoms with Crippen molar-refractivity contribution in [2.75, 3.05) is 26.4 Å². The van der Waals surface area contributed by atoms with Crippen molar-refractivity contribution in [1.29, 1.82) is 0 Å². The summed E-state index contributed by atoms with van der Waals surface area (Å²) in [6, 6.07) is 0. The molecule has 1 aliphatic heterocycles. The van der Waals surface area contributed by atoms with E-state index in [4.69, 9.17) is 23.5 Å². The van der Waals surface area contributed by atoms with Crippen molar-refractivity contribution in [3.05, 3.63) is 24.3 Å². The van der Waals surface area contributed by atoms with Crippen LogP contribution in [0.1, 0.15) is 194 Å². The van der Waals surface area contributed by atoms with E-state index in [0.29, 0.717) is 13.0 Å². The van der Waals surface area contributed by atoms with Crippen LogP contribution in [0.2, 0.25) is 0 Å². The summed E-state index contributed by atoms with van der Waals surface area (Å²) in [5.74, 6) is -0.402. The van der Waals surface area contributed by atoms with E-state index in [2.05, 4.69) is 42.3 Å². The Kier molecular flexibility index (Phi) is 35.2. The van der Waals surface area contributed by atoms with Gasteiger partial charge in [0, 0.05) is 13.0 Å². The van der Waals surface area contributed by atoms with E-state index in [1.165, 1.54) is 116 Å². The van der Waals surface area contributed by atoms with Crippen molar-refractivity contribution in [1.82, 2.24) is 0 Å². The molecule has 0 aliphatic carbocycles. The number of carbonyl (C=O) groups is 1. The molecule has 58 heavy (non-hydrogen) atoms. The van der Waals surface area contributed by atoms with Gasteiger partial charge in [0.05, 0.1) is 19.8 Å². The SMILES string of the molecule is CCCCC/C=C\C/C=C\CCCCCCCCCCCC(=O)OC(COCCCCCCCCCCCCCC)COC1OC(CO)C(O)C(OS(=O)(=O)O)C1O. The maximum Gasteiger partial charge on any atom is 0.397 e. The van der Waals surface area contributed by atoms with Crippen LogP contribution in [0.25, 0.3) is 0 Å². The summed E-state index contributed by atoms with van der Waals surface area (Å²) >= 11 is 0. The van der Waals surface area contributed by atoms with Gasteiger partial charge in [-0.05, 0) is 44.9 Å². The molecule has 0 spiro atoms. The Balaban J connectivity index is 2.40. The standard InChI is InChI=1S/C45H84O12S/c1-3-5-7-9-11-13-15-17-18-19-20-21-22-23-24-26-28-30-32-34-41(47)55-39(37-53-35-33-31-29-27-25-16-14-12-10-8-6-4-2)38-54-45-43(49)44(57-58(50,51)52)42(48)40(36-46)56-45/h11,13,17-18,39-40,42-46,48-49H,3-10,12,14-16,19-38H2,1-2H3,(H,50,51,52)/b13-11-,18-17-. The molecule has 1 heterocycles. The van der Waals surface area contributed by atoms with Gasteiger partial charge < -0.3 is 34.3 Å². The smallest absolute Gasteiger partial charge is 0.397 e. The third-order valence-electron chi connectivity index (χ3n) is 10.6. The number of allylic oxidation sites excluding steroid dienone is 4. The van der Waals surface area contributed by atoms with Crippen LogP contribution in [0.3, 0.4) is 0 Å². The van der Waals surface area contributed by atoms with Crippen LogP contribution < -0.4 is 0 Å². The fourth-order valence-corrected chi connectivity index (χ4v) is 7.56. The maximum atomic E-state index is 12.8. The minimum Gasteiger partial charge on any atom is -0.457 e. The molecule has 4 N–H and O–H groups in total. The highest BCUT2D eigenvalue weighted by Gasteiger charge is 2.48. The Morgan fingerprint density at radius 3 is 1.67 bits per heavy atom. The van der Waals surface area contributed by atoms with E-state index >= 15 is 0 Å². The Morgan fingerprint density at radius 2 is 1.14 bits per heavy atom. The molecule has 1 aliphatic rings. The molecule has 1 saturated heterocycles. The van der Waals surface area contributed by atoms with Gasteiger partial charge in [-0.1, -0.05) is 167 Å². The zero-order chi connectivity index (χ0) is 42.5. The van der Waals surface area contributed by atoms with Crippen LogP contribution in [0.4, 0.5) is 0 Å². The summed E-state index contributed by atoms with van der Waals surface area (Å²) in [7, 11) is -5.06. The number of aliphatic hydroxyl groups excluding tert-OH is 3. The molecule has 6 atom stereocenters. The number of hydrogen-bond donors (Lipinski definition) is 4. The van der Waals surface area contributed by atoms with Crippen molar-refractivity contribution in [2.45, 2.75) is 230 Å². The number of esters is 1. The molecule has 1 fully saturated rings. The first kappa shape index (κ1) is 54.6. The number of unbranched alkanes of at least 4 members (excludes halogenated alkanes) is 23. The first-order valence-corrected chi connectivity index (χ1v) is 24.5. The zero-order valence-corrected chi connectivity index (χ0v) is 37.2.